The molecule has 1 fully saturated rings. The molecular formula is C11H18BrN3O. The number of hydrogen-bond donors (Lipinski definition) is 1. The van der Waals surface area contributed by atoms with Gasteiger partial charge in [-0.3, -0.25) is 0 Å². The Morgan fingerprint density at radius 2 is 1.94 bits per heavy atom. The van der Waals surface area contributed by atoms with Gasteiger partial charge in [-0.25, -0.2) is 4.68 Å². The minimum Gasteiger partial charge on any atom is -0.386 e. The lowest BCUT2D eigenvalue weighted by Crippen LogP contribution is -2.16. The molecule has 0 amide bonds. The van der Waals surface area contributed by atoms with Crippen molar-refractivity contribution >= 4 is 15.9 Å². The highest BCUT2D eigenvalue weighted by Gasteiger charge is 2.27. The van der Waals surface area contributed by atoms with Crippen molar-refractivity contribution in [1.29, 1.82) is 0 Å². The summed E-state index contributed by atoms with van der Waals surface area (Å²) in [6.45, 7) is 0. The first-order valence-corrected chi connectivity index (χ1v) is 6.72. The van der Waals surface area contributed by atoms with Gasteiger partial charge in [0.25, 0.3) is 0 Å². The molecule has 16 heavy (non-hydrogen) atoms. The molecule has 1 unspecified atom stereocenters. The van der Waals surface area contributed by atoms with Crippen molar-refractivity contribution in [2.45, 2.75) is 44.6 Å². The Morgan fingerprint density at radius 3 is 2.44 bits per heavy atom. The molecule has 1 heterocycles. The molecule has 1 saturated carbocycles. The molecule has 1 atom stereocenters. The summed E-state index contributed by atoms with van der Waals surface area (Å²) in [4.78, 5) is 0. The maximum atomic E-state index is 10.4. The monoisotopic (exact) mass is 287 g/mol. The maximum Gasteiger partial charge on any atom is 0.154 e. The fourth-order valence-electron chi connectivity index (χ4n) is 2.50. The van der Waals surface area contributed by atoms with Crippen molar-refractivity contribution < 1.29 is 5.11 Å². The third-order valence-corrected chi connectivity index (χ3v) is 4.02. The van der Waals surface area contributed by atoms with Gasteiger partial charge in [-0.15, -0.1) is 5.10 Å². The lowest BCUT2D eigenvalue weighted by atomic mass is 9.92. The van der Waals surface area contributed by atoms with Crippen molar-refractivity contribution in [3.63, 3.8) is 0 Å². The zero-order valence-corrected chi connectivity index (χ0v) is 11.2. The van der Waals surface area contributed by atoms with Gasteiger partial charge >= 0.3 is 0 Å². The van der Waals surface area contributed by atoms with E-state index in [1.807, 2.05) is 7.05 Å². The summed E-state index contributed by atoms with van der Waals surface area (Å²) < 4.78 is 2.34. The Hall–Kier alpha value is -0.420. The van der Waals surface area contributed by atoms with Crippen LogP contribution >= 0.6 is 15.9 Å². The first-order chi connectivity index (χ1) is 7.70. The van der Waals surface area contributed by atoms with Crippen molar-refractivity contribution in [3.05, 3.63) is 10.3 Å². The second kappa shape index (κ2) is 5.27. The van der Waals surface area contributed by atoms with E-state index in [2.05, 4.69) is 26.2 Å². The molecule has 0 aromatic carbocycles. The minimum absolute atomic E-state index is 0.357. The van der Waals surface area contributed by atoms with Gasteiger partial charge < -0.3 is 5.11 Å². The molecule has 1 aromatic heterocycles. The molecule has 1 N–H and O–H groups in total. The van der Waals surface area contributed by atoms with Gasteiger partial charge in [-0.2, -0.15) is 0 Å². The van der Waals surface area contributed by atoms with Gasteiger partial charge in [-0.1, -0.05) is 30.9 Å². The number of rotatable bonds is 2. The van der Waals surface area contributed by atoms with Crippen LogP contribution in [0.15, 0.2) is 4.60 Å². The van der Waals surface area contributed by atoms with Crippen LogP contribution in [0.4, 0.5) is 0 Å². The Kier molecular flexibility index (Phi) is 3.97. The normalized spacial score (nSPS) is 20.7. The third-order valence-electron chi connectivity index (χ3n) is 3.45. The highest BCUT2D eigenvalue weighted by Crippen LogP contribution is 2.35. The summed E-state index contributed by atoms with van der Waals surface area (Å²) in [6, 6.07) is 0. The summed E-state index contributed by atoms with van der Waals surface area (Å²) in [6.07, 6.45) is 6.84. The largest absolute Gasteiger partial charge is 0.386 e. The Labute approximate surface area is 104 Å². The molecule has 1 aromatic rings. The molecule has 90 valence electrons. The van der Waals surface area contributed by atoms with Gasteiger partial charge in [0.2, 0.25) is 0 Å². The first kappa shape index (κ1) is 12.0. The van der Waals surface area contributed by atoms with Crippen LogP contribution < -0.4 is 0 Å². The van der Waals surface area contributed by atoms with Crippen LogP contribution in [0.1, 0.15) is 50.3 Å². The van der Waals surface area contributed by atoms with Crippen LogP contribution in [0.2, 0.25) is 0 Å². The number of hydrogen-bond acceptors (Lipinski definition) is 3. The molecule has 0 spiro atoms. The first-order valence-electron chi connectivity index (χ1n) is 5.93. The number of aliphatic hydroxyl groups is 1. The second-order valence-corrected chi connectivity index (χ2v) is 5.34. The summed E-state index contributed by atoms with van der Waals surface area (Å²) >= 11 is 3.35. The molecule has 0 saturated heterocycles. The highest BCUT2D eigenvalue weighted by atomic mass is 79.9. The van der Waals surface area contributed by atoms with Crippen LogP contribution in [-0.2, 0) is 7.05 Å². The summed E-state index contributed by atoms with van der Waals surface area (Å²) in [7, 11) is 1.83. The van der Waals surface area contributed by atoms with Crippen LogP contribution in [-0.4, -0.2) is 20.1 Å². The average Bonchev–Trinajstić information content (AvgIpc) is 2.51. The Morgan fingerprint density at radius 1 is 1.31 bits per heavy atom. The van der Waals surface area contributed by atoms with Gasteiger partial charge in [0.05, 0.1) is 0 Å². The van der Waals surface area contributed by atoms with Gasteiger partial charge in [-0.05, 0) is 34.7 Å². The molecule has 5 heteroatoms. The molecule has 0 radical (unpaired) electrons. The molecule has 0 aliphatic heterocycles. The van der Waals surface area contributed by atoms with Gasteiger partial charge in [0, 0.05) is 7.05 Å². The van der Waals surface area contributed by atoms with E-state index in [0.29, 0.717) is 10.5 Å². The Bertz CT molecular complexity index is 325. The molecule has 4 nitrogen and oxygen atoms in total. The number of aliphatic hydroxyl groups excluding tert-OH is 1. The fraction of sp³-hybridized carbons (Fsp3) is 0.818. The SMILES string of the molecule is Cn1nnc(Br)c1C(O)C1CCCCCC1. The van der Waals surface area contributed by atoms with Crippen LogP contribution in [0.25, 0.3) is 0 Å². The molecule has 0 bridgehead atoms. The zero-order valence-electron chi connectivity index (χ0n) is 9.56. The predicted octanol–water partition coefficient (Wildman–Crippen LogP) is 2.58. The van der Waals surface area contributed by atoms with Crippen molar-refractivity contribution in [1.82, 2.24) is 15.0 Å². The fourth-order valence-corrected chi connectivity index (χ4v) is 3.06. The van der Waals surface area contributed by atoms with E-state index in [1.165, 1.54) is 25.7 Å². The molecular weight excluding hydrogens is 270 g/mol. The van der Waals surface area contributed by atoms with E-state index in [0.717, 1.165) is 18.5 Å². The summed E-state index contributed by atoms with van der Waals surface area (Å²) in [5.74, 6) is 0.357. The van der Waals surface area contributed by atoms with Gasteiger partial charge in [0.15, 0.2) is 4.60 Å². The predicted molar refractivity (Wildman–Crippen MR) is 64.9 cm³/mol. The average molecular weight is 288 g/mol. The third kappa shape index (κ3) is 2.46. The summed E-state index contributed by atoms with van der Waals surface area (Å²) in [5, 5.41) is 18.2. The topological polar surface area (TPSA) is 50.9 Å². The van der Waals surface area contributed by atoms with Crippen LogP contribution in [0.5, 0.6) is 0 Å². The molecule has 1 aliphatic carbocycles. The number of aromatic nitrogens is 3. The van der Waals surface area contributed by atoms with Gasteiger partial charge in [0.1, 0.15) is 11.8 Å². The maximum absolute atomic E-state index is 10.4. The van der Waals surface area contributed by atoms with Crippen LogP contribution in [0, 0.1) is 5.92 Å². The number of halogens is 1. The smallest absolute Gasteiger partial charge is 0.154 e. The summed E-state index contributed by atoms with van der Waals surface area (Å²) in [5.41, 5.74) is 0.812. The van der Waals surface area contributed by atoms with E-state index in [4.69, 9.17) is 0 Å². The van der Waals surface area contributed by atoms with Crippen molar-refractivity contribution in [3.8, 4) is 0 Å². The van der Waals surface area contributed by atoms with Crippen molar-refractivity contribution in [2.24, 2.45) is 13.0 Å². The minimum atomic E-state index is -0.438. The highest BCUT2D eigenvalue weighted by molar-refractivity contribution is 9.10. The van der Waals surface area contributed by atoms with E-state index in [1.54, 1.807) is 4.68 Å². The number of nitrogens with zero attached hydrogens (tertiary/aromatic N) is 3. The van der Waals surface area contributed by atoms with E-state index in [9.17, 15) is 5.11 Å². The van der Waals surface area contributed by atoms with Crippen molar-refractivity contribution in [2.75, 3.05) is 0 Å². The zero-order chi connectivity index (χ0) is 11.5. The van der Waals surface area contributed by atoms with E-state index >= 15 is 0 Å². The second-order valence-electron chi connectivity index (χ2n) is 4.59. The van der Waals surface area contributed by atoms with Crippen LogP contribution in [0.3, 0.4) is 0 Å². The lowest BCUT2D eigenvalue weighted by Gasteiger charge is -2.21. The lowest BCUT2D eigenvalue weighted by molar-refractivity contribution is 0.0904. The van der Waals surface area contributed by atoms with E-state index < -0.39 is 6.10 Å². The number of aryl methyl sites for hydroxylation is 1. The molecule has 2 rings (SSSR count). The Balaban J connectivity index is 2.14. The molecule has 1 aliphatic rings. The van der Waals surface area contributed by atoms with E-state index in [-0.39, 0.29) is 0 Å². The quantitative estimate of drug-likeness (QED) is 0.851. The standard InChI is InChI=1S/C11H18BrN3O/c1-15-9(11(12)13-14-15)10(16)8-6-4-2-3-5-7-8/h8,10,16H,2-7H2,1H3.